The van der Waals surface area contributed by atoms with Crippen LogP contribution in [0.4, 0.5) is 5.69 Å². The van der Waals surface area contributed by atoms with E-state index in [4.69, 9.17) is 0 Å². The molecule has 0 atom stereocenters. The zero-order chi connectivity index (χ0) is 15.7. The maximum Gasteiger partial charge on any atom is 0.312 e. The normalized spacial score (nSPS) is 10.5. The van der Waals surface area contributed by atoms with Crippen LogP contribution in [0.3, 0.4) is 0 Å². The Morgan fingerprint density at radius 2 is 1.95 bits per heavy atom. The first-order valence-electron chi connectivity index (χ1n) is 6.41. The molecular formula is C16H10N2O4. The van der Waals surface area contributed by atoms with Gasteiger partial charge >= 0.3 is 5.69 Å². The Labute approximate surface area is 124 Å². The molecule has 3 aromatic rings. The zero-order valence-electron chi connectivity index (χ0n) is 11.3. The molecule has 0 bridgehead atoms. The Kier molecular flexibility index (Phi) is 3.27. The van der Waals surface area contributed by atoms with Crippen LogP contribution >= 0.6 is 0 Å². The van der Waals surface area contributed by atoms with E-state index in [0.29, 0.717) is 17.4 Å². The summed E-state index contributed by atoms with van der Waals surface area (Å²) in [4.78, 5) is 25.5. The number of carbonyl (C=O) groups is 1. The van der Waals surface area contributed by atoms with Crippen LogP contribution in [0.2, 0.25) is 0 Å². The lowest BCUT2D eigenvalue weighted by Crippen LogP contribution is -1.94. The van der Waals surface area contributed by atoms with Gasteiger partial charge in [0.05, 0.1) is 10.5 Å². The number of nitro groups is 1. The maximum absolute atomic E-state index is 11.1. The number of nitrogens with zero attached hydrogens (tertiary/aromatic N) is 2. The fourth-order valence-corrected chi connectivity index (χ4v) is 2.37. The number of aromatic nitrogens is 1. The van der Waals surface area contributed by atoms with Gasteiger partial charge in [-0.05, 0) is 17.0 Å². The molecule has 0 aliphatic carbocycles. The Balaban J connectivity index is 2.33. The third kappa shape index (κ3) is 2.16. The molecule has 0 saturated heterocycles. The molecule has 6 heteroatoms. The number of carbonyl (C=O) groups excluding carboxylic acids is 1. The van der Waals surface area contributed by atoms with Gasteiger partial charge in [0.2, 0.25) is 5.75 Å². The largest absolute Gasteiger partial charge is 0.502 e. The van der Waals surface area contributed by atoms with Crippen LogP contribution in [-0.2, 0) is 0 Å². The van der Waals surface area contributed by atoms with Gasteiger partial charge in [0, 0.05) is 29.4 Å². The van der Waals surface area contributed by atoms with Gasteiger partial charge in [-0.25, -0.2) is 0 Å². The summed E-state index contributed by atoms with van der Waals surface area (Å²) in [5.74, 6) is -0.628. The first kappa shape index (κ1) is 13.7. The highest BCUT2D eigenvalue weighted by atomic mass is 16.6. The average Bonchev–Trinajstić information content (AvgIpc) is 2.54. The van der Waals surface area contributed by atoms with E-state index in [2.05, 4.69) is 4.98 Å². The van der Waals surface area contributed by atoms with Crippen molar-refractivity contribution in [3.63, 3.8) is 0 Å². The summed E-state index contributed by atoms with van der Waals surface area (Å²) in [5, 5.41) is 22.5. The van der Waals surface area contributed by atoms with Crippen molar-refractivity contribution in [3.8, 4) is 16.9 Å². The minimum atomic E-state index is -0.718. The van der Waals surface area contributed by atoms with E-state index < -0.39 is 16.4 Å². The molecule has 108 valence electrons. The summed E-state index contributed by atoms with van der Waals surface area (Å²) >= 11 is 0. The highest BCUT2D eigenvalue weighted by Gasteiger charge is 2.20. The molecule has 0 aliphatic rings. The zero-order valence-corrected chi connectivity index (χ0v) is 11.3. The van der Waals surface area contributed by atoms with Gasteiger partial charge in [-0.15, -0.1) is 0 Å². The molecule has 0 radical (unpaired) electrons. The van der Waals surface area contributed by atoms with E-state index in [1.165, 1.54) is 12.1 Å². The van der Waals surface area contributed by atoms with Crippen molar-refractivity contribution in [2.24, 2.45) is 0 Å². The second-order valence-electron chi connectivity index (χ2n) is 4.72. The molecular weight excluding hydrogens is 284 g/mol. The summed E-state index contributed by atoms with van der Waals surface area (Å²) in [6.45, 7) is 0. The van der Waals surface area contributed by atoms with Crippen molar-refractivity contribution in [1.29, 1.82) is 0 Å². The number of rotatable bonds is 3. The third-order valence-electron chi connectivity index (χ3n) is 3.42. The maximum atomic E-state index is 11.1. The molecule has 22 heavy (non-hydrogen) atoms. The second-order valence-corrected chi connectivity index (χ2v) is 4.72. The summed E-state index contributed by atoms with van der Waals surface area (Å²) in [5.41, 5.74) is 0.477. The van der Waals surface area contributed by atoms with Crippen LogP contribution in [0.5, 0.6) is 5.75 Å². The number of aromatic hydroxyl groups is 1. The van der Waals surface area contributed by atoms with Gasteiger partial charge in [-0.3, -0.25) is 19.9 Å². The minimum Gasteiger partial charge on any atom is -0.502 e. The topological polar surface area (TPSA) is 93.3 Å². The highest BCUT2D eigenvalue weighted by molar-refractivity contribution is 5.97. The fourth-order valence-electron chi connectivity index (χ4n) is 2.37. The third-order valence-corrected chi connectivity index (χ3v) is 3.42. The van der Waals surface area contributed by atoms with Crippen molar-refractivity contribution in [2.45, 2.75) is 0 Å². The lowest BCUT2D eigenvalue weighted by molar-refractivity contribution is -0.385. The standard InChI is InChI=1S/C16H10N2O4/c19-9-12-5-11(6-15(16(12)20)18(21)22)14-8-17-7-10-3-1-2-4-13(10)14/h1-9,20H. The first-order valence-corrected chi connectivity index (χ1v) is 6.41. The van der Waals surface area contributed by atoms with Crippen LogP contribution in [-0.4, -0.2) is 21.3 Å². The molecule has 0 aliphatic heterocycles. The molecule has 3 rings (SSSR count). The van der Waals surface area contributed by atoms with Crippen molar-refractivity contribution in [2.75, 3.05) is 0 Å². The van der Waals surface area contributed by atoms with Crippen LogP contribution in [0.1, 0.15) is 10.4 Å². The number of nitro benzene ring substituents is 1. The van der Waals surface area contributed by atoms with E-state index >= 15 is 0 Å². The monoisotopic (exact) mass is 294 g/mol. The van der Waals surface area contributed by atoms with Crippen molar-refractivity contribution < 1.29 is 14.8 Å². The van der Waals surface area contributed by atoms with Gasteiger partial charge in [-0.2, -0.15) is 0 Å². The molecule has 6 nitrogen and oxygen atoms in total. The number of fused-ring (bicyclic) bond motifs is 1. The predicted molar refractivity (Wildman–Crippen MR) is 80.9 cm³/mol. The smallest absolute Gasteiger partial charge is 0.312 e. The van der Waals surface area contributed by atoms with E-state index in [9.17, 15) is 20.0 Å². The lowest BCUT2D eigenvalue weighted by atomic mass is 9.98. The Morgan fingerprint density at radius 1 is 1.18 bits per heavy atom. The molecule has 0 amide bonds. The van der Waals surface area contributed by atoms with Crippen molar-refractivity contribution in [1.82, 2.24) is 4.98 Å². The molecule has 1 N–H and O–H groups in total. The predicted octanol–water partition coefficient (Wildman–Crippen LogP) is 3.33. The van der Waals surface area contributed by atoms with E-state index in [0.717, 1.165) is 10.8 Å². The quantitative estimate of drug-likeness (QED) is 0.454. The summed E-state index contributed by atoms with van der Waals surface area (Å²) in [6, 6.07) is 10.1. The molecule has 0 fully saturated rings. The number of hydrogen-bond donors (Lipinski definition) is 1. The Morgan fingerprint density at radius 3 is 2.68 bits per heavy atom. The van der Waals surface area contributed by atoms with Gasteiger partial charge in [0.25, 0.3) is 0 Å². The lowest BCUT2D eigenvalue weighted by Gasteiger charge is -2.08. The SMILES string of the molecule is O=Cc1cc(-c2cncc3ccccc23)cc([N+](=O)[O-])c1O. The van der Waals surface area contributed by atoms with Gasteiger partial charge in [0.1, 0.15) is 0 Å². The van der Waals surface area contributed by atoms with Crippen LogP contribution in [0, 0.1) is 10.1 Å². The van der Waals surface area contributed by atoms with Gasteiger partial charge in [-0.1, -0.05) is 24.3 Å². The molecule has 1 aromatic heterocycles. The number of aldehydes is 1. The van der Waals surface area contributed by atoms with E-state index in [1.54, 1.807) is 12.4 Å². The molecule has 0 unspecified atom stereocenters. The number of hydrogen-bond acceptors (Lipinski definition) is 5. The average molecular weight is 294 g/mol. The fraction of sp³-hybridized carbons (Fsp3) is 0. The van der Waals surface area contributed by atoms with Gasteiger partial charge < -0.3 is 5.11 Å². The number of phenolic OH excluding ortho intramolecular Hbond substituents is 1. The summed E-state index contributed by atoms with van der Waals surface area (Å²) in [6.07, 6.45) is 3.66. The summed E-state index contributed by atoms with van der Waals surface area (Å²) in [7, 11) is 0. The van der Waals surface area contributed by atoms with Crippen LogP contribution in [0.25, 0.3) is 21.9 Å². The molecule has 1 heterocycles. The molecule has 0 saturated carbocycles. The highest BCUT2D eigenvalue weighted by Crippen LogP contribution is 2.36. The molecule has 2 aromatic carbocycles. The van der Waals surface area contributed by atoms with Crippen molar-refractivity contribution >= 4 is 22.7 Å². The first-order chi connectivity index (χ1) is 10.6. The Bertz CT molecular complexity index is 901. The summed E-state index contributed by atoms with van der Waals surface area (Å²) < 4.78 is 0. The minimum absolute atomic E-state index is 0.128. The van der Waals surface area contributed by atoms with E-state index in [-0.39, 0.29) is 5.56 Å². The molecule has 0 spiro atoms. The second kappa shape index (κ2) is 5.25. The Hall–Kier alpha value is -3.28. The van der Waals surface area contributed by atoms with Crippen molar-refractivity contribution in [3.05, 3.63) is 64.5 Å². The van der Waals surface area contributed by atoms with E-state index in [1.807, 2.05) is 24.3 Å². The number of benzene rings is 2. The van der Waals surface area contributed by atoms with Gasteiger partial charge in [0.15, 0.2) is 6.29 Å². The van der Waals surface area contributed by atoms with Crippen LogP contribution < -0.4 is 0 Å². The van der Waals surface area contributed by atoms with Crippen LogP contribution in [0.15, 0.2) is 48.8 Å². The number of phenols is 1. The number of pyridine rings is 1.